The summed E-state index contributed by atoms with van der Waals surface area (Å²) in [6, 6.07) is 0. The smallest absolute Gasteiger partial charge is 0.0739 e. The molecule has 0 radical (unpaired) electrons. The summed E-state index contributed by atoms with van der Waals surface area (Å²) in [6.07, 6.45) is 0. The maximum atomic E-state index is 6.16. The molecule has 98 valence electrons. The van der Waals surface area contributed by atoms with E-state index in [1.165, 1.54) is 5.69 Å². The zero-order chi connectivity index (χ0) is 13.2. The quantitative estimate of drug-likeness (QED) is 0.841. The lowest BCUT2D eigenvalue weighted by atomic mass is 10.0. The van der Waals surface area contributed by atoms with Gasteiger partial charge < -0.3 is 5.32 Å². The molecular formula is C12H21BrClN3. The molecule has 0 saturated carbocycles. The first-order valence-electron chi connectivity index (χ1n) is 5.90. The van der Waals surface area contributed by atoms with Crippen molar-refractivity contribution in [2.75, 3.05) is 0 Å². The van der Waals surface area contributed by atoms with Gasteiger partial charge in [0.15, 0.2) is 0 Å². The van der Waals surface area contributed by atoms with Gasteiger partial charge in [-0.2, -0.15) is 5.10 Å². The van der Waals surface area contributed by atoms with E-state index in [2.05, 4.69) is 47.1 Å². The Morgan fingerprint density at radius 1 is 1.53 bits per heavy atom. The van der Waals surface area contributed by atoms with Crippen molar-refractivity contribution in [1.82, 2.24) is 15.1 Å². The molecule has 1 aromatic rings. The summed E-state index contributed by atoms with van der Waals surface area (Å²) in [5, 5.41) is 8.02. The second-order valence-electron chi connectivity index (χ2n) is 4.85. The number of hydrogen-bond acceptors (Lipinski definition) is 2. The number of alkyl halides is 1. The largest absolute Gasteiger partial charge is 0.305 e. The van der Waals surface area contributed by atoms with Gasteiger partial charge in [-0.15, -0.1) is 11.6 Å². The number of rotatable bonds is 5. The molecule has 0 aliphatic carbocycles. The molecular weight excluding hydrogens is 302 g/mol. The molecule has 17 heavy (non-hydrogen) atoms. The Morgan fingerprint density at radius 3 is 2.59 bits per heavy atom. The number of hydrogen-bond donors (Lipinski definition) is 1. The number of nitrogens with zero attached hydrogens (tertiary/aromatic N) is 2. The Hall–Kier alpha value is -0.0600. The summed E-state index contributed by atoms with van der Waals surface area (Å²) in [5.41, 5.74) is 2.10. The van der Waals surface area contributed by atoms with Crippen LogP contribution in [0, 0.1) is 6.92 Å². The van der Waals surface area contributed by atoms with Crippen LogP contribution >= 0.6 is 27.5 Å². The van der Waals surface area contributed by atoms with E-state index in [0.29, 0.717) is 0 Å². The molecule has 0 amide bonds. The lowest BCUT2D eigenvalue weighted by Crippen LogP contribution is -2.45. The molecule has 1 N–H and O–H groups in total. The van der Waals surface area contributed by atoms with Gasteiger partial charge in [-0.3, -0.25) is 4.68 Å². The third-order valence-electron chi connectivity index (χ3n) is 3.16. The van der Waals surface area contributed by atoms with Crippen LogP contribution in [0.2, 0.25) is 0 Å². The lowest BCUT2D eigenvalue weighted by molar-refractivity contribution is 0.372. The Balaban J connectivity index is 2.82. The highest BCUT2D eigenvalue weighted by Gasteiger charge is 2.24. The van der Waals surface area contributed by atoms with Crippen molar-refractivity contribution < 1.29 is 0 Å². The minimum absolute atomic E-state index is 0.0698. The normalized spacial score (nSPS) is 14.1. The maximum absolute atomic E-state index is 6.16. The SMILES string of the molecule is CCn1nc(C)c(Br)c1CNC(C)(C)C(C)Cl. The van der Waals surface area contributed by atoms with E-state index >= 15 is 0 Å². The van der Waals surface area contributed by atoms with Crippen molar-refractivity contribution in [2.24, 2.45) is 0 Å². The summed E-state index contributed by atoms with van der Waals surface area (Å²) < 4.78 is 3.10. The van der Waals surface area contributed by atoms with Crippen LogP contribution in [0.5, 0.6) is 0 Å². The average molecular weight is 323 g/mol. The average Bonchev–Trinajstić information content (AvgIpc) is 2.52. The Kier molecular flexibility index (Phi) is 5.05. The van der Waals surface area contributed by atoms with Gasteiger partial charge >= 0.3 is 0 Å². The zero-order valence-corrected chi connectivity index (χ0v) is 13.5. The standard InChI is InChI=1S/C12H21BrClN3/c1-6-17-10(11(13)8(2)16-17)7-15-12(4,5)9(3)14/h9,15H,6-7H2,1-5H3. The minimum Gasteiger partial charge on any atom is -0.305 e. The summed E-state index contributed by atoms with van der Waals surface area (Å²) >= 11 is 9.75. The number of aromatic nitrogens is 2. The van der Waals surface area contributed by atoms with Gasteiger partial charge in [-0.25, -0.2) is 0 Å². The summed E-state index contributed by atoms with van der Waals surface area (Å²) in [4.78, 5) is 0. The minimum atomic E-state index is -0.0995. The fourth-order valence-corrected chi connectivity index (χ4v) is 1.99. The highest BCUT2D eigenvalue weighted by Crippen LogP contribution is 2.22. The van der Waals surface area contributed by atoms with Gasteiger partial charge in [0, 0.05) is 24.0 Å². The van der Waals surface area contributed by atoms with Gasteiger partial charge in [0.1, 0.15) is 0 Å². The van der Waals surface area contributed by atoms with Gasteiger partial charge in [-0.05, 0) is 50.5 Å². The van der Waals surface area contributed by atoms with Crippen molar-refractivity contribution in [1.29, 1.82) is 0 Å². The Bertz CT molecular complexity index is 385. The van der Waals surface area contributed by atoms with E-state index in [-0.39, 0.29) is 10.9 Å². The van der Waals surface area contributed by atoms with Crippen LogP contribution in [0.3, 0.4) is 0 Å². The summed E-state index contributed by atoms with van der Waals surface area (Å²) in [7, 11) is 0. The molecule has 0 aliphatic rings. The first kappa shape index (κ1) is 15.0. The topological polar surface area (TPSA) is 29.9 Å². The van der Waals surface area contributed by atoms with E-state index in [0.717, 1.165) is 23.3 Å². The molecule has 1 aromatic heterocycles. The van der Waals surface area contributed by atoms with Gasteiger partial charge in [0.2, 0.25) is 0 Å². The zero-order valence-electron chi connectivity index (χ0n) is 11.1. The van der Waals surface area contributed by atoms with Crippen LogP contribution < -0.4 is 5.32 Å². The second kappa shape index (κ2) is 5.72. The van der Waals surface area contributed by atoms with Crippen LogP contribution in [-0.4, -0.2) is 20.7 Å². The van der Waals surface area contributed by atoms with E-state index in [1.807, 2.05) is 18.5 Å². The second-order valence-corrected chi connectivity index (χ2v) is 6.30. The van der Waals surface area contributed by atoms with Crippen molar-refractivity contribution in [3.05, 3.63) is 15.9 Å². The van der Waals surface area contributed by atoms with Gasteiger partial charge in [0.05, 0.1) is 15.9 Å². The predicted octanol–water partition coefficient (Wildman–Crippen LogP) is 3.47. The van der Waals surface area contributed by atoms with Crippen LogP contribution in [-0.2, 0) is 13.1 Å². The van der Waals surface area contributed by atoms with E-state index in [4.69, 9.17) is 11.6 Å². The van der Waals surface area contributed by atoms with Crippen molar-refractivity contribution >= 4 is 27.5 Å². The Labute approximate surface area is 117 Å². The van der Waals surface area contributed by atoms with Crippen LogP contribution in [0.15, 0.2) is 4.47 Å². The van der Waals surface area contributed by atoms with Crippen LogP contribution in [0.25, 0.3) is 0 Å². The fraction of sp³-hybridized carbons (Fsp3) is 0.750. The predicted molar refractivity (Wildman–Crippen MR) is 76.6 cm³/mol. The number of aryl methyl sites for hydroxylation is 2. The van der Waals surface area contributed by atoms with Gasteiger partial charge in [0.25, 0.3) is 0 Å². The Morgan fingerprint density at radius 2 is 2.12 bits per heavy atom. The molecule has 1 rings (SSSR count). The highest BCUT2D eigenvalue weighted by atomic mass is 79.9. The lowest BCUT2D eigenvalue weighted by Gasteiger charge is -2.29. The first-order valence-corrected chi connectivity index (χ1v) is 7.13. The molecule has 0 fully saturated rings. The molecule has 1 atom stereocenters. The molecule has 3 nitrogen and oxygen atoms in total. The number of nitrogens with one attached hydrogen (secondary N) is 1. The van der Waals surface area contributed by atoms with Crippen LogP contribution in [0.1, 0.15) is 39.1 Å². The molecule has 1 unspecified atom stereocenters. The van der Waals surface area contributed by atoms with E-state index < -0.39 is 0 Å². The molecule has 5 heteroatoms. The number of halogens is 2. The van der Waals surface area contributed by atoms with Crippen molar-refractivity contribution in [3.63, 3.8) is 0 Å². The molecule has 0 spiro atoms. The molecule has 0 aliphatic heterocycles. The van der Waals surface area contributed by atoms with Crippen molar-refractivity contribution in [2.45, 2.75) is 58.6 Å². The monoisotopic (exact) mass is 321 g/mol. The third kappa shape index (κ3) is 3.46. The molecule has 1 heterocycles. The van der Waals surface area contributed by atoms with Crippen molar-refractivity contribution in [3.8, 4) is 0 Å². The first-order chi connectivity index (χ1) is 7.79. The highest BCUT2D eigenvalue weighted by molar-refractivity contribution is 9.10. The molecule has 0 bridgehead atoms. The third-order valence-corrected chi connectivity index (χ3v) is 4.74. The summed E-state index contributed by atoms with van der Waals surface area (Å²) in [6.45, 7) is 12.0. The summed E-state index contributed by atoms with van der Waals surface area (Å²) in [5.74, 6) is 0. The molecule has 0 saturated heterocycles. The molecule has 0 aromatic carbocycles. The van der Waals surface area contributed by atoms with Crippen LogP contribution in [0.4, 0.5) is 0 Å². The fourth-order valence-electron chi connectivity index (χ4n) is 1.49. The van der Waals surface area contributed by atoms with E-state index in [9.17, 15) is 0 Å². The van der Waals surface area contributed by atoms with E-state index in [1.54, 1.807) is 0 Å². The maximum Gasteiger partial charge on any atom is 0.0739 e. The van der Waals surface area contributed by atoms with Gasteiger partial charge in [-0.1, -0.05) is 0 Å².